The molecule has 0 radical (unpaired) electrons. The van der Waals surface area contributed by atoms with Gasteiger partial charge in [0.05, 0.1) is 6.10 Å². The molecule has 1 heterocycles. The molecule has 0 spiro atoms. The summed E-state index contributed by atoms with van der Waals surface area (Å²) in [4.78, 5) is -0.503. The Kier molecular flexibility index (Phi) is 4.36. The predicted octanol–water partition coefficient (Wildman–Crippen LogP) is 1.30. The zero-order valence-corrected chi connectivity index (χ0v) is 12.3. The third-order valence-electron chi connectivity index (χ3n) is 3.41. The van der Waals surface area contributed by atoms with Gasteiger partial charge in [-0.25, -0.2) is 17.5 Å². The van der Waals surface area contributed by atoms with E-state index in [9.17, 15) is 17.9 Å². The topological polar surface area (TPSA) is 75.6 Å². The van der Waals surface area contributed by atoms with Gasteiger partial charge < -0.3 is 9.84 Å². The van der Waals surface area contributed by atoms with Gasteiger partial charge in [0.15, 0.2) is 0 Å². The van der Waals surface area contributed by atoms with E-state index < -0.39 is 32.4 Å². The van der Waals surface area contributed by atoms with E-state index in [1.54, 1.807) is 6.92 Å². The Bertz CT molecular complexity index is 609. The molecule has 2 N–H and O–H groups in total. The predicted molar refractivity (Wildman–Crippen MR) is 71.6 cm³/mol. The Labute approximate surface area is 121 Å². The SMILES string of the molecule is CC1OCCC1(O)CNS(=O)(=O)c1ccc(Cl)cc1F. The molecule has 1 aliphatic heterocycles. The van der Waals surface area contributed by atoms with Crippen LogP contribution < -0.4 is 4.72 Å². The summed E-state index contributed by atoms with van der Waals surface area (Å²) in [5.41, 5.74) is -1.28. The van der Waals surface area contributed by atoms with E-state index in [4.69, 9.17) is 16.3 Å². The van der Waals surface area contributed by atoms with Crippen LogP contribution in [0.1, 0.15) is 13.3 Å². The molecule has 2 unspecified atom stereocenters. The maximum atomic E-state index is 13.6. The molecule has 5 nitrogen and oxygen atoms in total. The van der Waals surface area contributed by atoms with Gasteiger partial charge in [-0.05, 0) is 25.1 Å². The van der Waals surface area contributed by atoms with E-state index in [2.05, 4.69) is 4.72 Å². The monoisotopic (exact) mass is 323 g/mol. The van der Waals surface area contributed by atoms with Crippen LogP contribution >= 0.6 is 11.6 Å². The van der Waals surface area contributed by atoms with E-state index in [1.807, 2.05) is 0 Å². The van der Waals surface area contributed by atoms with Gasteiger partial charge in [0.1, 0.15) is 16.3 Å². The first-order valence-corrected chi connectivity index (χ1v) is 7.89. The molecule has 1 saturated heterocycles. The summed E-state index contributed by atoms with van der Waals surface area (Å²) in [6, 6.07) is 3.29. The number of hydrogen-bond donors (Lipinski definition) is 2. The molecule has 2 atom stereocenters. The lowest BCUT2D eigenvalue weighted by molar-refractivity contribution is -0.0228. The van der Waals surface area contributed by atoms with Crippen LogP contribution in [0.5, 0.6) is 0 Å². The van der Waals surface area contributed by atoms with Crippen molar-refractivity contribution in [1.29, 1.82) is 0 Å². The van der Waals surface area contributed by atoms with Crippen molar-refractivity contribution in [3.8, 4) is 0 Å². The molecule has 1 aromatic carbocycles. The van der Waals surface area contributed by atoms with Crippen LogP contribution in [0.25, 0.3) is 0 Å². The fourth-order valence-corrected chi connectivity index (χ4v) is 3.31. The van der Waals surface area contributed by atoms with Gasteiger partial charge in [-0.2, -0.15) is 0 Å². The van der Waals surface area contributed by atoms with Crippen molar-refractivity contribution in [1.82, 2.24) is 4.72 Å². The van der Waals surface area contributed by atoms with Gasteiger partial charge in [-0.15, -0.1) is 0 Å². The Hall–Kier alpha value is -0.730. The lowest BCUT2D eigenvalue weighted by Gasteiger charge is -2.26. The molecule has 1 aliphatic rings. The number of sulfonamides is 1. The van der Waals surface area contributed by atoms with Crippen molar-refractivity contribution in [2.75, 3.05) is 13.2 Å². The Balaban J connectivity index is 2.15. The van der Waals surface area contributed by atoms with Crippen LogP contribution in [-0.4, -0.2) is 38.4 Å². The normalized spacial score (nSPS) is 26.9. The molecule has 1 fully saturated rings. The molecular formula is C12H15ClFNO4S. The molecule has 8 heteroatoms. The minimum atomic E-state index is -4.06. The molecule has 0 bridgehead atoms. The van der Waals surface area contributed by atoms with Crippen LogP contribution in [0.4, 0.5) is 4.39 Å². The molecule has 20 heavy (non-hydrogen) atoms. The van der Waals surface area contributed by atoms with Gasteiger partial charge in [0.25, 0.3) is 0 Å². The van der Waals surface area contributed by atoms with Gasteiger partial charge in [0.2, 0.25) is 10.0 Å². The Morgan fingerprint density at radius 3 is 2.85 bits per heavy atom. The molecule has 1 aromatic rings. The summed E-state index contributed by atoms with van der Waals surface area (Å²) >= 11 is 5.58. The number of ether oxygens (including phenoxy) is 1. The number of nitrogens with one attached hydrogen (secondary N) is 1. The number of aliphatic hydroxyl groups is 1. The highest BCUT2D eigenvalue weighted by molar-refractivity contribution is 7.89. The standard InChI is InChI=1S/C12H15ClFNO4S/c1-8-12(16,4-5-19-8)7-15-20(17,18)11-3-2-9(13)6-10(11)14/h2-3,6,8,15-16H,4-5,7H2,1H3. The summed E-state index contributed by atoms with van der Waals surface area (Å²) in [5, 5.41) is 10.3. The second-order valence-electron chi connectivity index (χ2n) is 4.77. The van der Waals surface area contributed by atoms with E-state index in [1.165, 1.54) is 6.07 Å². The first-order chi connectivity index (χ1) is 9.24. The molecule has 0 aromatic heterocycles. The molecule has 0 aliphatic carbocycles. The first-order valence-electron chi connectivity index (χ1n) is 6.03. The second kappa shape index (κ2) is 5.57. The highest BCUT2D eigenvalue weighted by Gasteiger charge is 2.40. The first kappa shape index (κ1) is 15.7. The van der Waals surface area contributed by atoms with Crippen LogP contribution in [0.15, 0.2) is 23.1 Å². The van der Waals surface area contributed by atoms with Crippen molar-refractivity contribution in [3.63, 3.8) is 0 Å². The third-order valence-corrected chi connectivity index (χ3v) is 5.08. The van der Waals surface area contributed by atoms with Gasteiger partial charge in [-0.1, -0.05) is 11.6 Å². The van der Waals surface area contributed by atoms with Crippen molar-refractivity contribution >= 4 is 21.6 Å². The molecule has 0 saturated carbocycles. The van der Waals surface area contributed by atoms with Crippen LogP contribution in [-0.2, 0) is 14.8 Å². The van der Waals surface area contributed by atoms with E-state index in [-0.39, 0.29) is 11.6 Å². The lowest BCUT2D eigenvalue weighted by atomic mass is 9.97. The molecule has 0 amide bonds. The van der Waals surface area contributed by atoms with E-state index in [0.29, 0.717) is 13.0 Å². The number of rotatable bonds is 4. The van der Waals surface area contributed by atoms with E-state index >= 15 is 0 Å². The highest BCUT2D eigenvalue weighted by Crippen LogP contribution is 2.26. The van der Waals surface area contributed by atoms with Crippen molar-refractivity contribution in [2.45, 2.75) is 29.9 Å². The van der Waals surface area contributed by atoms with Crippen molar-refractivity contribution in [3.05, 3.63) is 29.0 Å². The lowest BCUT2D eigenvalue weighted by Crippen LogP contribution is -2.47. The maximum absolute atomic E-state index is 13.6. The van der Waals surface area contributed by atoms with Gasteiger partial charge in [-0.3, -0.25) is 0 Å². The Morgan fingerprint density at radius 1 is 1.60 bits per heavy atom. The fourth-order valence-electron chi connectivity index (χ4n) is 1.99. The summed E-state index contributed by atoms with van der Waals surface area (Å²) in [6.45, 7) is 1.78. The average Bonchev–Trinajstić information content (AvgIpc) is 2.68. The molecule has 112 valence electrons. The smallest absolute Gasteiger partial charge is 0.243 e. The minimum absolute atomic E-state index is 0.109. The zero-order valence-electron chi connectivity index (χ0n) is 10.8. The molecule has 2 rings (SSSR count). The largest absolute Gasteiger partial charge is 0.386 e. The minimum Gasteiger partial charge on any atom is -0.386 e. The van der Waals surface area contributed by atoms with Crippen LogP contribution in [0.2, 0.25) is 5.02 Å². The highest BCUT2D eigenvalue weighted by atomic mass is 35.5. The van der Waals surface area contributed by atoms with Crippen molar-refractivity contribution in [2.24, 2.45) is 0 Å². The zero-order chi connectivity index (χ0) is 15.0. The summed E-state index contributed by atoms with van der Waals surface area (Å²) in [6.07, 6.45) is -0.167. The summed E-state index contributed by atoms with van der Waals surface area (Å²) < 4.78 is 45.1. The molecular weight excluding hydrogens is 309 g/mol. The van der Waals surface area contributed by atoms with Crippen LogP contribution in [0, 0.1) is 5.82 Å². The maximum Gasteiger partial charge on any atom is 0.243 e. The van der Waals surface area contributed by atoms with Crippen LogP contribution in [0.3, 0.4) is 0 Å². The second-order valence-corrected chi connectivity index (χ2v) is 6.94. The van der Waals surface area contributed by atoms with E-state index in [0.717, 1.165) is 12.1 Å². The van der Waals surface area contributed by atoms with Gasteiger partial charge in [0, 0.05) is 24.6 Å². The van der Waals surface area contributed by atoms with Crippen molar-refractivity contribution < 1.29 is 22.7 Å². The fraction of sp³-hybridized carbons (Fsp3) is 0.500. The number of halogens is 2. The summed E-state index contributed by atoms with van der Waals surface area (Å²) in [5.74, 6) is -0.937. The Morgan fingerprint density at radius 2 is 2.30 bits per heavy atom. The average molecular weight is 324 g/mol. The summed E-state index contributed by atoms with van der Waals surface area (Å²) in [7, 11) is -4.06. The number of hydrogen-bond acceptors (Lipinski definition) is 4. The van der Waals surface area contributed by atoms with Gasteiger partial charge >= 0.3 is 0 Å². The quantitative estimate of drug-likeness (QED) is 0.875. The third kappa shape index (κ3) is 3.12. The number of benzene rings is 1.